The quantitative estimate of drug-likeness (QED) is 0.718. The molecule has 3 aliphatic rings. The second kappa shape index (κ2) is 7.53. The first kappa shape index (κ1) is 21.1. The maximum Gasteiger partial charge on any atom is 0.319 e. The minimum Gasteiger partial charge on any atom is -0.337 e. The van der Waals surface area contributed by atoms with E-state index >= 15 is 0 Å². The molecular formula is C21H30N4O4S. The Hall–Kier alpha value is -2.13. The molecule has 2 atom stereocenters. The number of hydrogen-bond donors (Lipinski definition) is 0. The molecule has 1 aromatic rings. The van der Waals surface area contributed by atoms with Gasteiger partial charge in [-0.05, 0) is 31.9 Å². The monoisotopic (exact) mass is 434 g/mol. The third-order valence-corrected chi connectivity index (χ3v) is 8.98. The minimum absolute atomic E-state index is 0.0513. The van der Waals surface area contributed by atoms with E-state index in [0.29, 0.717) is 50.5 Å². The zero-order chi connectivity index (χ0) is 21.7. The summed E-state index contributed by atoms with van der Waals surface area (Å²) in [6.07, 6.45) is 1.20. The molecular weight excluding hydrogens is 404 g/mol. The van der Waals surface area contributed by atoms with Crippen LogP contribution in [0.1, 0.15) is 19.8 Å². The normalized spacial score (nSPS) is 26.3. The molecule has 30 heavy (non-hydrogen) atoms. The second-order valence-electron chi connectivity index (χ2n) is 8.70. The van der Waals surface area contributed by atoms with Crippen molar-refractivity contribution in [2.75, 3.05) is 46.8 Å². The summed E-state index contributed by atoms with van der Waals surface area (Å²) in [6.45, 7) is 4.35. The van der Waals surface area contributed by atoms with Crippen molar-refractivity contribution in [3.8, 4) is 0 Å². The van der Waals surface area contributed by atoms with E-state index in [-0.39, 0.29) is 29.3 Å². The molecule has 3 saturated heterocycles. The fraction of sp³-hybridized carbons (Fsp3) is 0.619. The number of amides is 3. The second-order valence-corrected chi connectivity index (χ2v) is 10.6. The number of urea groups is 1. The summed E-state index contributed by atoms with van der Waals surface area (Å²) < 4.78 is 27.6. The van der Waals surface area contributed by atoms with Crippen molar-refractivity contribution in [2.24, 2.45) is 11.8 Å². The number of hydrogen-bond acceptors (Lipinski definition) is 4. The summed E-state index contributed by atoms with van der Waals surface area (Å²) in [5.41, 5.74) is -0.374. The van der Waals surface area contributed by atoms with Crippen molar-refractivity contribution >= 4 is 22.0 Å². The molecule has 8 nitrogen and oxygen atoms in total. The molecule has 0 aliphatic carbocycles. The van der Waals surface area contributed by atoms with Gasteiger partial charge in [0, 0.05) is 52.7 Å². The summed E-state index contributed by atoms with van der Waals surface area (Å²) in [5, 5.41) is 0. The average Bonchev–Trinajstić information content (AvgIpc) is 3.27. The van der Waals surface area contributed by atoms with Crippen LogP contribution in [0.2, 0.25) is 0 Å². The fourth-order valence-corrected chi connectivity index (χ4v) is 7.09. The third-order valence-electron chi connectivity index (χ3n) is 7.07. The van der Waals surface area contributed by atoms with Gasteiger partial charge in [0.15, 0.2) is 0 Å². The number of sulfonamides is 1. The predicted molar refractivity (Wildman–Crippen MR) is 112 cm³/mol. The summed E-state index contributed by atoms with van der Waals surface area (Å²) in [7, 11) is -0.102. The van der Waals surface area contributed by atoms with Crippen LogP contribution in [0, 0.1) is 11.8 Å². The van der Waals surface area contributed by atoms with Gasteiger partial charge in [0.1, 0.15) is 0 Å². The first-order chi connectivity index (χ1) is 14.2. The van der Waals surface area contributed by atoms with Crippen LogP contribution in [-0.2, 0) is 14.8 Å². The Morgan fingerprint density at radius 2 is 1.77 bits per heavy atom. The Kier molecular flexibility index (Phi) is 5.30. The molecule has 3 fully saturated rings. The molecule has 164 valence electrons. The molecule has 0 unspecified atom stereocenters. The van der Waals surface area contributed by atoms with E-state index in [2.05, 4.69) is 0 Å². The zero-order valence-electron chi connectivity index (χ0n) is 17.8. The highest BCUT2D eigenvalue weighted by Crippen LogP contribution is 2.50. The van der Waals surface area contributed by atoms with Crippen LogP contribution in [0.25, 0.3) is 0 Å². The lowest BCUT2D eigenvalue weighted by Crippen LogP contribution is -2.58. The summed E-state index contributed by atoms with van der Waals surface area (Å²) in [4.78, 5) is 31.2. The van der Waals surface area contributed by atoms with E-state index in [4.69, 9.17) is 0 Å². The number of carbonyl (C=O) groups excluding carboxylic acids is 2. The highest BCUT2D eigenvalue weighted by atomic mass is 32.2. The Bertz CT molecular complexity index is 926. The van der Waals surface area contributed by atoms with Gasteiger partial charge < -0.3 is 14.7 Å². The largest absolute Gasteiger partial charge is 0.337 e. The average molecular weight is 435 g/mol. The number of nitrogens with zero attached hydrogens (tertiary/aromatic N) is 4. The van der Waals surface area contributed by atoms with Gasteiger partial charge in [-0.2, -0.15) is 4.31 Å². The molecule has 9 heteroatoms. The Labute approximate surface area is 178 Å². The van der Waals surface area contributed by atoms with Crippen molar-refractivity contribution in [1.82, 2.24) is 19.0 Å². The highest BCUT2D eigenvalue weighted by Gasteiger charge is 2.62. The Balaban J connectivity index is 1.57. The van der Waals surface area contributed by atoms with Gasteiger partial charge in [-0.15, -0.1) is 0 Å². The van der Waals surface area contributed by atoms with Crippen molar-refractivity contribution in [1.29, 1.82) is 0 Å². The van der Waals surface area contributed by atoms with Crippen LogP contribution in [0.5, 0.6) is 0 Å². The van der Waals surface area contributed by atoms with E-state index in [0.717, 1.165) is 0 Å². The van der Waals surface area contributed by atoms with Gasteiger partial charge >= 0.3 is 6.03 Å². The third kappa shape index (κ3) is 3.10. The standard InChI is InChI=1S/C21H30N4O4S/c1-4-25-19(26)17-14-23(20(27)22(2)3)15-18(17)21(25)10-12-24(13-11-21)30(28,29)16-8-6-5-7-9-16/h5-9,17-18H,4,10-15H2,1-3H3/t17-,18-/m0/s1. The van der Waals surface area contributed by atoms with Crippen molar-refractivity contribution < 1.29 is 18.0 Å². The SMILES string of the molecule is CCN1C(=O)[C@H]2CN(C(=O)N(C)C)C[C@@H]2C12CCN(S(=O)(=O)c1ccccc1)CC2. The van der Waals surface area contributed by atoms with Crippen LogP contribution >= 0.6 is 0 Å². The number of carbonyl (C=O) groups is 2. The molecule has 0 radical (unpaired) electrons. The molecule has 0 saturated carbocycles. The molecule has 4 rings (SSSR count). The van der Waals surface area contributed by atoms with Crippen LogP contribution in [0.3, 0.4) is 0 Å². The van der Waals surface area contributed by atoms with E-state index in [9.17, 15) is 18.0 Å². The zero-order valence-corrected chi connectivity index (χ0v) is 18.6. The first-order valence-corrected chi connectivity index (χ1v) is 12.0. The van der Waals surface area contributed by atoms with Gasteiger partial charge in [-0.1, -0.05) is 18.2 Å². The van der Waals surface area contributed by atoms with Gasteiger partial charge in [-0.3, -0.25) is 4.79 Å². The molecule has 3 aliphatic heterocycles. The maximum absolute atomic E-state index is 13.2. The predicted octanol–water partition coefficient (Wildman–Crippen LogP) is 1.30. The van der Waals surface area contributed by atoms with Gasteiger partial charge in [0.05, 0.1) is 16.4 Å². The lowest BCUT2D eigenvalue weighted by molar-refractivity contribution is -0.134. The van der Waals surface area contributed by atoms with Crippen LogP contribution in [-0.4, -0.2) is 91.7 Å². The maximum atomic E-state index is 13.2. The number of fused-ring (bicyclic) bond motifs is 2. The molecule has 3 heterocycles. The van der Waals surface area contributed by atoms with E-state index in [1.54, 1.807) is 54.2 Å². The summed E-state index contributed by atoms with van der Waals surface area (Å²) in [6, 6.07) is 8.43. The summed E-state index contributed by atoms with van der Waals surface area (Å²) >= 11 is 0. The van der Waals surface area contributed by atoms with Gasteiger partial charge in [-0.25, -0.2) is 13.2 Å². The topological polar surface area (TPSA) is 81.2 Å². The molecule has 1 spiro atoms. The number of likely N-dealkylation sites (tertiary alicyclic amines) is 2. The van der Waals surface area contributed by atoms with E-state index in [1.165, 1.54) is 4.31 Å². The lowest BCUT2D eigenvalue weighted by atomic mass is 9.75. The van der Waals surface area contributed by atoms with Crippen LogP contribution in [0.15, 0.2) is 35.2 Å². The Morgan fingerprint density at radius 1 is 1.13 bits per heavy atom. The minimum atomic E-state index is -3.54. The fourth-order valence-electron chi connectivity index (χ4n) is 5.62. The number of rotatable bonds is 3. The highest BCUT2D eigenvalue weighted by molar-refractivity contribution is 7.89. The number of benzene rings is 1. The summed E-state index contributed by atoms with van der Waals surface area (Å²) in [5.74, 6) is -0.0301. The molecule has 1 aromatic carbocycles. The number of piperidine rings is 1. The molecule has 0 bridgehead atoms. The van der Waals surface area contributed by atoms with Gasteiger partial charge in [0.25, 0.3) is 0 Å². The smallest absolute Gasteiger partial charge is 0.319 e. The van der Waals surface area contributed by atoms with E-state index < -0.39 is 10.0 Å². The van der Waals surface area contributed by atoms with Crippen molar-refractivity contribution in [2.45, 2.75) is 30.2 Å². The van der Waals surface area contributed by atoms with Crippen molar-refractivity contribution in [3.05, 3.63) is 30.3 Å². The van der Waals surface area contributed by atoms with E-state index in [1.807, 2.05) is 11.8 Å². The molecule has 0 aromatic heterocycles. The molecule has 0 N–H and O–H groups in total. The van der Waals surface area contributed by atoms with Gasteiger partial charge in [0.2, 0.25) is 15.9 Å². The van der Waals surface area contributed by atoms with Crippen molar-refractivity contribution in [3.63, 3.8) is 0 Å². The molecule has 3 amide bonds. The van der Waals surface area contributed by atoms with Crippen LogP contribution < -0.4 is 0 Å². The lowest BCUT2D eigenvalue weighted by Gasteiger charge is -2.47. The van der Waals surface area contributed by atoms with Crippen LogP contribution in [0.4, 0.5) is 4.79 Å². The Morgan fingerprint density at radius 3 is 2.33 bits per heavy atom. The first-order valence-electron chi connectivity index (χ1n) is 10.6.